The van der Waals surface area contributed by atoms with Crippen molar-refractivity contribution in [2.75, 3.05) is 7.11 Å². The standard InChI is InChI=1S/C13H13N3O2/c1-8-7-9(3-4-11(8)18-2)10-5-6-15-13(16-10)12(14)17/h3-7H,1-2H3,(H2,14,17). The fraction of sp³-hybridized carbons (Fsp3) is 0.154. The van der Waals surface area contributed by atoms with Crippen LogP contribution in [0.25, 0.3) is 11.3 Å². The lowest BCUT2D eigenvalue weighted by atomic mass is 10.1. The zero-order valence-corrected chi connectivity index (χ0v) is 10.2. The first-order valence-electron chi connectivity index (χ1n) is 5.39. The largest absolute Gasteiger partial charge is 0.496 e. The van der Waals surface area contributed by atoms with Crippen molar-refractivity contribution in [1.29, 1.82) is 0 Å². The molecule has 0 aliphatic carbocycles. The van der Waals surface area contributed by atoms with Crippen LogP contribution in [0.1, 0.15) is 16.2 Å². The van der Waals surface area contributed by atoms with Gasteiger partial charge in [0, 0.05) is 11.8 Å². The number of nitrogens with two attached hydrogens (primary N) is 1. The molecule has 0 unspecified atom stereocenters. The molecule has 1 aromatic carbocycles. The maximum absolute atomic E-state index is 11.0. The van der Waals surface area contributed by atoms with Crippen molar-refractivity contribution in [3.05, 3.63) is 41.9 Å². The second-order valence-electron chi connectivity index (χ2n) is 3.81. The summed E-state index contributed by atoms with van der Waals surface area (Å²) in [6.45, 7) is 1.94. The first-order chi connectivity index (χ1) is 8.61. The molecule has 0 bridgehead atoms. The minimum absolute atomic E-state index is 0.0148. The van der Waals surface area contributed by atoms with Gasteiger partial charge in [0.2, 0.25) is 5.82 Å². The molecule has 18 heavy (non-hydrogen) atoms. The van der Waals surface area contributed by atoms with E-state index in [4.69, 9.17) is 10.5 Å². The molecule has 5 heteroatoms. The lowest BCUT2D eigenvalue weighted by Gasteiger charge is -2.07. The average molecular weight is 243 g/mol. The number of rotatable bonds is 3. The molecule has 2 aromatic rings. The van der Waals surface area contributed by atoms with Crippen LogP contribution in [-0.4, -0.2) is 23.0 Å². The van der Waals surface area contributed by atoms with Gasteiger partial charge in [-0.05, 0) is 36.8 Å². The molecule has 0 saturated carbocycles. The highest BCUT2D eigenvalue weighted by Crippen LogP contribution is 2.24. The van der Waals surface area contributed by atoms with Crippen LogP contribution in [0.5, 0.6) is 5.75 Å². The second kappa shape index (κ2) is 4.83. The van der Waals surface area contributed by atoms with E-state index in [-0.39, 0.29) is 5.82 Å². The van der Waals surface area contributed by atoms with Crippen LogP contribution in [0.2, 0.25) is 0 Å². The molecular formula is C13H13N3O2. The molecule has 0 atom stereocenters. The summed E-state index contributed by atoms with van der Waals surface area (Å²) < 4.78 is 5.19. The van der Waals surface area contributed by atoms with E-state index in [9.17, 15) is 4.79 Å². The van der Waals surface area contributed by atoms with E-state index in [1.54, 1.807) is 13.2 Å². The number of aryl methyl sites for hydroxylation is 1. The number of nitrogens with zero attached hydrogens (tertiary/aromatic N) is 2. The summed E-state index contributed by atoms with van der Waals surface area (Å²) in [6, 6.07) is 7.40. The Labute approximate surface area is 105 Å². The van der Waals surface area contributed by atoms with Crippen molar-refractivity contribution in [3.63, 3.8) is 0 Å². The van der Waals surface area contributed by atoms with Gasteiger partial charge in [-0.25, -0.2) is 9.97 Å². The third-order valence-electron chi connectivity index (χ3n) is 2.57. The van der Waals surface area contributed by atoms with Gasteiger partial charge < -0.3 is 10.5 Å². The van der Waals surface area contributed by atoms with E-state index in [1.807, 2.05) is 25.1 Å². The molecule has 0 saturated heterocycles. The van der Waals surface area contributed by atoms with Gasteiger partial charge in [0.15, 0.2) is 0 Å². The van der Waals surface area contributed by atoms with Crippen molar-refractivity contribution in [3.8, 4) is 17.0 Å². The minimum atomic E-state index is -0.637. The first kappa shape index (κ1) is 12.0. The fourth-order valence-corrected chi connectivity index (χ4v) is 1.68. The monoisotopic (exact) mass is 243 g/mol. The average Bonchev–Trinajstić information content (AvgIpc) is 2.38. The number of hydrogen-bond acceptors (Lipinski definition) is 4. The van der Waals surface area contributed by atoms with E-state index in [1.165, 1.54) is 6.20 Å². The summed E-state index contributed by atoms with van der Waals surface area (Å²) in [6.07, 6.45) is 1.52. The molecule has 1 aromatic heterocycles. The van der Waals surface area contributed by atoms with Crippen LogP contribution in [0, 0.1) is 6.92 Å². The number of benzene rings is 1. The normalized spacial score (nSPS) is 10.1. The molecule has 0 aliphatic rings. The summed E-state index contributed by atoms with van der Waals surface area (Å²) in [5.41, 5.74) is 7.69. The highest BCUT2D eigenvalue weighted by atomic mass is 16.5. The summed E-state index contributed by atoms with van der Waals surface area (Å²) in [4.78, 5) is 19.0. The Balaban J connectivity index is 2.45. The third-order valence-corrected chi connectivity index (χ3v) is 2.57. The summed E-state index contributed by atoms with van der Waals surface area (Å²) >= 11 is 0. The van der Waals surface area contributed by atoms with Gasteiger partial charge in [0.1, 0.15) is 5.75 Å². The molecule has 2 N–H and O–H groups in total. The van der Waals surface area contributed by atoms with Gasteiger partial charge in [0.05, 0.1) is 12.8 Å². The van der Waals surface area contributed by atoms with Crippen molar-refractivity contribution < 1.29 is 9.53 Å². The van der Waals surface area contributed by atoms with E-state index < -0.39 is 5.91 Å². The number of hydrogen-bond donors (Lipinski definition) is 1. The van der Waals surface area contributed by atoms with Crippen LogP contribution in [-0.2, 0) is 0 Å². The van der Waals surface area contributed by atoms with Gasteiger partial charge in [0.25, 0.3) is 5.91 Å². The smallest absolute Gasteiger partial charge is 0.286 e. The number of amides is 1. The molecule has 2 rings (SSSR count). The predicted molar refractivity (Wildman–Crippen MR) is 67.3 cm³/mol. The zero-order valence-electron chi connectivity index (χ0n) is 10.2. The molecule has 5 nitrogen and oxygen atoms in total. The van der Waals surface area contributed by atoms with Crippen molar-refractivity contribution in [2.45, 2.75) is 6.92 Å². The van der Waals surface area contributed by atoms with Gasteiger partial charge >= 0.3 is 0 Å². The number of primary amides is 1. The zero-order chi connectivity index (χ0) is 13.1. The molecule has 92 valence electrons. The SMILES string of the molecule is COc1ccc(-c2ccnc(C(N)=O)n2)cc1C. The van der Waals surface area contributed by atoms with Crippen LogP contribution < -0.4 is 10.5 Å². The first-order valence-corrected chi connectivity index (χ1v) is 5.39. The molecule has 1 heterocycles. The number of methoxy groups -OCH3 is 1. The number of carbonyl (C=O) groups is 1. The Kier molecular flexibility index (Phi) is 3.23. The Morgan fingerprint density at radius 2 is 2.11 bits per heavy atom. The molecular weight excluding hydrogens is 230 g/mol. The van der Waals surface area contributed by atoms with Gasteiger partial charge in [-0.3, -0.25) is 4.79 Å². The lowest BCUT2D eigenvalue weighted by Crippen LogP contribution is -2.15. The Morgan fingerprint density at radius 1 is 1.33 bits per heavy atom. The quantitative estimate of drug-likeness (QED) is 0.887. The molecule has 0 spiro atoms. The van der Waals surface area contributed by atoms with Gasteiger partial charge in [-0.15, -0.1) is 0 Å². The van der Waals surface area contributed by atoms with Crippen molar-refractivity contribution in [2.24, 2.45) is 5.73 Å². The van der Waals surface area contributed by atoms with E-state index >= 15 is 0 Å². The summed E-state index contributed by atoms with van der Waals surface area (Å²) in [5.74, 6) is 0.186. The van der Waals surface area contributed by atoms with E-state index in [0.29, 0.717) is 5.69 Å². The Morgan fingerprint density at radius 3 is 2.72 bits per heavy atom. The minimum Gasteiger partial charge on any atom is -0.496 e. The molecule has 1 amide bonds. The fourth-order valence-electron chi connectivity index (χ4n) is 1.68. The number of carbonyl (C=O) groups excluding carboxylic acids is 1. The predicted octanol–water partition coefficient (Wildman–Crippen LogP) is 1.56. The third kappa shape index (κ3) is 2.29. The van der Waals surface area contributed by atoms with Crippen LogP contribution in [0.4, 0.5) is 0 Å². The Hall–Kier alpha value is -2.43. The highest BCUT2D eigenvalue weighted by Gasteiger charge is 2.08. The molecule has 0 fully saturated rings. The summed E-state index contributed by atoms with van der Waals surface area (Å²) in [5, 5.41) is 0. The van der Waals surface area contributed by atoms with Gasteiger partial charge in [-0.2, -0.15) is 0 Å². The topological polar surface area (TPSA) is 78.1 Å². The van der Waals surface area contributed by atoms with Crippen molar-refractivity contribution >= 4 is 5.91 Å². The van der Waals surface area contributed by atoms with Crippen LogP contribution >= 0.6 is 0 Å². The van der Waals surface area contributed by atoms with Crippen molar-refractivity contribution in [1.82, 2.24) is 9.97 Å². The van der Waals surface area contributed by atoms with E-state index in [0.717, 1.165) is 16.9 Å². The lowest BCUT2D eigenvalue weighted by molar-refractivity contribution is 0.0990. The number of ether oxygens (including phenoxy) is 1. The second-order valence-corrected chi connectivity index (χ2v) is 3.81. The highest BCUT2D eigenvalue weighted by molar-refractivity contribution is 5.89. The van der Waals surface area contributed by atoms with Crippen LogP contribution in [0.15, 0.2) is 30.5 Å². The molecule has 0 aliphatic heterocycles. The maximum Gasteiger partial charge on any atom is 0.286 e. The number of aromatic nitrogens is 2. The molecule has 0 radical (unpaired) electrons. The van der Waals surface area contributed by atoms with Crippen LogP contribution in [0.3, 0.4) is 0 Å². The maximum atomic E-state index is 11.0. The summed E-state index contributed by atoms with van der Waals surface area (Å²) in [7, 11) is 1.62. The van der Waals surface area contributed by atoms with E-state index in [2.05, 4.69) is 9.97 Å². The van der Waals surface area contributed by atoms with Gasteiger partial charge in [-0.1, -0.05) is 0 Å². The Bertz CT molecular complexity index is 597.